The third-order valence-corrected chi connectivity index (χ3v) is 3.36. The van der Waals surface area contributed by atoms with Crippen LogP contribution in [0.15, 0.2) is 54.8 Å². The summed E-state index contributed by atoms with van der Waals surface area (Å²) in [5.74, 6) is -2.34. The van der Waals surface area contributed by atoms with Crippen molar-refractivity contribution in [2.75, 3.05) is 14.2 Å². The molecule has 0 fully saturated rings. The van der Waals surface area contributed by atoms with Gasteiger partial charge in [0.1, 0.15) is 0 Å². The van der Waals surface area contributed by atoms with Crippen LogP contribution in [-0.4, -0.2) is 31.1 Å². The van der Waals surface area contributed by atoms with Crippen LogP contribution in [0, 0.1) is 6.42 Å². The predicted molar refractivity (Wildman–Crippen MR) is 101 cm³/mol. The van der Waals surface area contributed by atoms with E-state index in [4.69, 9.17) is 0 Å². The van der Waals surface area contributed by atoms with Crippen molar-refractivity contribution >= 4 is 30.7 Å². The van der Waals surface area contributed by atoms with E-state index in [0.29, 0.717) is 5.56 Å². The maximum absolute atomic E-state index is 11.7. The molecule has 0 aliphatic heterocycles. The number of nitrogens with one attached hydrogen (secondary N) is 1. The molecule has 1 aliphatic carbocycles. The van der Waals surface area contributed by atoms with Gasteiger partial charge >= 0.3 is 64.4 Å². The zero-order valence-corrected chi connectivity index (χ0v) is 18.7. The van der Waals surface area contributed by atoms with Gasteiger partial charge in [-0.3, -0.25) is 9.59 Å². The van der Waals surface area contributed by atoms with E-state index in [9.17, 15) is 34.8 Å². The minimum absolute atomic E-state index is 0. The molecule has 3 rings (SSSR count). The van der Waals surface area contributed by atoms with E-state index in [1.807, 2.05) is 42.9 Å². The summed E-state index contributed by atoms with van der Waals surface area (Å²) in [5.41, 5.74) is 1.29. The second-order valence-corrected chi connectivity index (χ2v) is 7.61. The Kier molecular flexibility index (Phi) is 9.68. The summed E-state index contributed by atoms with van der Waals surface area (Å²) >= 11 is 0. The zero-order valence-electron chi connectivity index (χ0n) is 16.1. The fourth-order valence-corrected chi connectivity index (χ4v) is 2.26. The van der Waals surface area contributed by atoms with Crippen molar-refractivity contribution in [1.82, 2.24) is 4.98 Å². The van der Waals surface area contributed by atoms with Crippen LogP contribution >= 0.6 is 7.81 Å². The quantitative estimate of drug-likeness (QED) is 0.158. The van der Waals surface area contributed by atoms with E-state index in [1.54, 1.807) is 18.3 Å². The van der Waals surface area contributed by atoms with Crippen LogP contribution in [0.2, 0.25) is 0 Å². The summed E-state index contributed by atoms with van der Waals surface area (Å²) in [7, 11) is -8.17. The Morgan fingerprint density at radius 2 is 1.35 bits per heavy atom. The molecule has 0 unspecified atom stereocenters. The number of benzene rings is 1. The number of carbonyl (C=O) groups is 2. The molecule has 0 atom stereocenters. The number of esters is 2. The van der Waals surface area contributed by atoms with Crippen LogP contribution in [0.4, 0.5) is 25.2 Å². The van der Waals surface area contributed by atoms with Crippen LogP contribution in [0.1, 0.15) is 11.5 Å². The Labute approximate surface area is 186 Å². The molecule has 1 N–H and O–H groups in total. The molecule has 31 heavy (non-hydrogen) atoms. The van der Waals surface area contributed by atoms with Crippen LogP contribution in [0.5, 0.6) is 0 Å². The third-order valence-electron chi connectivity index (χ3n) is 3.36. The van der Waals surface area contributed by atoms with E-state index in [0.717, 1.165) is 10.9 Å². The summed E-state index contributed by atoms with van der Waals surface area (Å²) in [6, 6.07) is 7.24. The van der Waals surface area contributed by atoms with Gasteiger partial charge in [-0.15, -0.1) is 0 Å². The molecule has 2 radical (unpaired) electrons. The number of H-pyrrole nitrogens is 1. The maximum Gasteiger partial charge on any atom is 1.00 e. The number of hydrogen-bond donors (Lipinski definition) is 1. The molecule has 0 bridgehead atoms. The van der Waals surface area contributed by atoms with Crippen molar-refractivity contribution in [2.24, 2.45) is 0 Å². The van der Waals surface area contributed by atoms with Crippen molar-refractivity contribution in [3.8, 4) is 0 Å². The molecule has 174 valence electrons. The fraction of sp³-hybridized carbons (Fsp3) is 0.167. The van der Waals surface area contributed by atoms with Crippen molar-refractivity contribution in [3.63, 3.8) is 0 Å². The van der Waals surface area contributed by atoms with Crippen LogP contribution in [0.3, 0.4) is 0 Å². The average molecular weight is 558 g/mol. The van der Waals surface area contributed by atoms with E-state index in [-0.39, 0.29) is 19.5 Å². The largest absolute Gasteiger partial charge is 1.00 e. The monoisotopic (exact) mass is 559 g/mol. The summed E-state index contributed by atoms with van der Waals surface area (Å²) in [6.45, 7) is 0. The normalized spacial score (nSPS) is 14.2. The standard InChI is InChI=1S/C13H13NO4.C5H5.F6P.Ru/c1-17-12(15)10(13(16)18-2)9-5-3-4-8-6-7-14-11(8)9;1-2-4-5-3-1;1-7(2,3,4,5)6;/h3-7,10,14H,1-2H3;1-5H;;/q;;-1;+1. The third kappa shape index (κ3) is 12.3. The van der Waals surface area contributed by atoms with Crippen molar-refractivity contribution < 1.29 is 63.7 Å². The number of rotatable bonds is 3. The van der Waals surface area contributed by atoms with Gasteiger partial charge in [0.2, 0.25) is 0 Å². The first kappa shape index (κ1) is 28.8. The van der Waals surface area contributed by atoms with Gasteiger partial charge in [0.15, 0.2) is 5.92 Å². The number of methoxy groups -OCH3 is 2. The Balaban J connectivity index is 0.000000571. The Hall–Kier alpha value is -2.19. The molecule has 13 heteroatoms. The number of allylic oxidation sites excluding steroid dienone is 4. The SMILES string of the molecule is COC(=O)C(C(=O)OC)c1cccc2cc[nH]c12.F[P-](F)(F)(F)(F)F.[CH]1C=CC=C1.[Ru+]. The van der Waals surface area contributed by atoms with E-state index in [1.165, 1.54) is 14.2 Å². The van der Waals surface area contributed by atoms with Crippen molar-refractivity contribution in [1.29, 1.82) is 0 Å². The van der Waals surface area contributed by atoms with Gasteiger partial charge in [-0.2, -0.15) is 0 Å². The van der Waals surface area contributed by atoms with E-state index in [2.05, 4.69) is 14.5 Å². The predicted octanol–water partition coefficient (Wildman–Crippen LogP) is 6.29. The molecule has 1 aromatic carbocycles. The van der Waals surface area contributed by atoms with Gasteiger partial charge in [0.05, 0.1) is 19.7 Å². The molecular formula is C18H18F6NO4PRu. The number of ether oxygens (including phenoxy) is 2. The second kappa shape index (κ2) is 10.4. The molecule has 0 saturated carbocycles. The first-order chi connectivity index (χ1) is 13.6. The fourth-order valence-electron chi connectivity index (χ4n) is 2.26. The van der Waals surface area contributed by atoms with Crippen molar-refractivity contribution in [3.05, 3.63) is 66.8 Å². The number of fused-ring (bicyclic) bond motifs is 1. The number of hydrogen-bond acceptors (Lipinski definition) is 4. The smallest absolute Gasteiger partial charge is 0.0767 e. The van der Waals surface area contributed by atoms with Crippen LogP contribution < -0.4 is 0 Å². The maximum atomic E-state index is 11.7. The molecular weight excluding hydrogens is 540 g/mol. The minimum atomic E-state index is -10.7. The summed E-state index contributed by atoms with van der Waals surface area (Å²) in [6.07, 6.45) is 11.7. The first-order valence-electron chi connectivity index (χ1n) is 8.08. The second-order valence-electron chi connectivity index (χ2n) is 5.69. The Bertz CT molecular complexity index is 920. The van der Waals surface area contributed by atoms with Gasteiger partial charge in [0.25, 0.3) is 0 Å². The number of halogens is 6. The van der Waals surface area contributed by atoms with Crippen LogP contribution in [0.25, 0.3) is 10.9 Å². The van der Waals surface area contributed by atoms with E-state index < -0.39 is 25.7 Å². The first-order valence-corrected chi connectivity index (χ1v) is 10.1. The Morgan fingerprint density at radius 3 is 1.74 bits per heavy atom. The summed E-state index contributed by atoms with van der Waals surface area (Å²) in [4.78, 5) is 26.5. The molecule has 0 amide bonds. The zero-order chi connectivity index (χ0) is 23.1. The molecule has 2 aromatic rings. The Morgan fingerprint density at radius 1 is 0.871 bits per heavy atom. The number of aromatic amines is 1. The van der Waals surface area contributed by atoms with Gasteiger partial charge in [0, 0.05) is 18.2 Å². The molecule has 0 saturated heterocycles. The molecule has 1 aromatic heterocycles. The number of aromatic nitrogens is 1. The summed E-state index contributed by atoms with van der Waals surface area (Å²) < 4.78 is 68.5. The topological polar surface area (TPSA) is 68.4 Å². The molecule has 0 spiro atoms. The van der Waals surface area contributed by atoms with Crippen LogP contribution in [-0.2, 0) is 38.5 Å². The van der Waals surface area contributed by atoms with Gasteiger partial charge in [-0.05, 0) is 11.5 Å². The van der Waals surface area contributed by atoms with Gasteiger partial charge in [-0.1, -0.05) is 42.5 Å². The van der Waals surface area contributed by atoms with Gasteiger partial charge in [-0.25, -0.2) is 0 Å². The van der Waals surface area contributed by atoms with Crippen molar-refractivity contribution in [2.45, 2.75) is 5.92 Å². The van der Waals surface area contributed by atoms with E-state index >= 15 is 0 Å². The number of para-hydroxylation sites is 1. The molecule has 1 heterocycles. The molecule has 5 nitrogen and oxygen atoms in total. The molecule has 1 aliphatic rings. The average Bonchev–Trinajstić information content (AvgIpc) is 3.33. The van der Waals surface area contributed by atoms with Gasteiger partial charge < -0.3 is 14.5 Å². The summed E-state index contributed by atoms with van der Waals surface area (Å²) in [5, 5.41) is 0.922. The minimum Gasteiger partial charge on any atom is -0.0767 e. The number of carbonyl (C=O) groups excluding carboxylic acids is 2.